The topological polar surface area (TPSA) is 88.6 Å². The van der Waals surface area contributed by atoms with Gasteiger partial charge in [-0.1, -0.05) is 164 Å². The van der Waals surface area contributed by atoms with Gasteiger partial charge in [-0.15, -0.1) is 0 Å². The number of fused-ring (bicyclic) bond motifs is 3. The molecule has 7 heteroatoms. The predicted octanol–water partition coefficient (Wildman–Crippen LogP) is 12.7. The minimum Gasteiger partial charge on any atom is -0.456 e. The first-order valence-electron chi connectivity index (χ1n) is 20.6. The third-order valence-electron chi connectivity index (χ3n) is 11.2. The molecule has 0 saturated carbocycles. The van der Waals surface area contributed by atoms with Gasteiger partial charge in [-0.2, -0.15) is 0 Å². The molecular formula is C54H38N6O. The highest BCUT2D eigenvalue weighted by atomic mass is 16.3. The molecule has 7 nitrogen and oxygen atoms in total. The highest BCUT2D eigenvalue weighted by Crippen LogP contribution is 2.33. The molecule has 1 aliphatic carbocycles. The number of amidine groups is 2. The molecule has 290 valence electrons. The number of hydrogen-bond donors (Lipinski definition) is 1. The maximum atomic E-state index is 6.26. The van der Waals surface area contributed by atoms with Crippen LogP contribution in [-0.2, 0) is 0 Å². The maximum absolute atomic E-state index is 6.26. The maximum Gasteiger partial charge on any atom is 0.164 e. The van der Waals surface area contributed by atoms with Crippen molar-refractivity contribution in [2.24, 2.45) is 9.98 Å². The summed E-state index contributed by atoms with van der Waals surface area (Å²) in [6, 6.07) is 60.3. The Hall–Kier alpha value is -8.03. The summed E-state index contributed by atoms with van der Waals surface area (Å²) >= 11 is 0. The van der Waals surface area contributed by atoms with Crippen molar-refractivity contribution in [3.63, 3.8) is 0 Å². The van der Waals surface area contributed by atoms with E-state index in [0.717, 1.165) is 90.7 Å². The Morgan fingerprint density at radius 3 is 1.85 bits per heavy atom. The van der Waals surface area contributed by atoms with Crippen LogP contribution in [0, 0.1) is 0 Å². The van der Waals surface area contributed by atoms with Gasteiger partial charge in [-0.05, 0) is 71.0 Å². The standard InChI is InChI=1S/C54H38N6O/c1-4-14-35(15-5-1)36-26-28-39(29-27-36)51-55-49(37-16-6-2-7-17-37)56-52(59-51)42-22-12-20-40(32-42)41-21-13-23-43(33-41)53-57-50(38-18-8-3-9-19-38)58-54(60-53)44-30-31-46-45-24-10-11-25-47(45)61-48(46)34-44/h1,3-6,8-34,50H,2,7H2,(H,57,58,60). The normalized spacial score (nSPS) is 15.0. The van der Waals surface area contributed by atoms with Crippen molar-refractivity contribution in [1.82, 2.24) is 20.3 Å². The molecule has 1 unspecified atom stereocenters. The van der Waals surface area contributed by atoms with Gasteiger partial charge < -0.3 is 9.73 Å². The van der Waals surface area contributed by atoms with E-state index in [0.29, 0.717) is 23.3 Å². The van der Waals surface area contributed by atoms with E-state index in [-0.39, 0.29) is 6.17 Å². The van der Waals surface area contributed by atoms with Gasteiger partial charge in [0.25, 0.3) is 0 Å². The summed E-state index contributed by atoms with van der Waals surface area (Å²) in [5.41, 5.74) is 11.8. The Morgan fingerprint density at radius 1 is 0.459 bits per heavy atom. The van der Waals surface area contributed by atoms with Gasteiger partial charge in [0.15, 0.2) is 23.3 Å². The average molecular weight is 787 g/mol. The number of aromatic nitrogens is 3. The largest absolute Gasteiger partial charge is 0.456 e. The minimum absolute atomic E-state index is 0.335. The first-order chi connectivity index (χ1) is 30.2. The van der Waals surface area contributed by atoms with Gasteiger partial charge in [-0.3, -0.25) is 0 Å². The lowest BCUT2D eigenvalue weighted by atomic mass is 9.99. The fraction of sp³-hybridized carbons (Fsp3) is 0.0556. The van der Waals surface area contributed by atoms with Gasteiger partial charge in [0.05, 0.1) is 0 Å². The number of hydrogen-bond acceptors (Lipinski definition) is 7. The molecule has 0 amide bonds. The van der Waals surface area contributed by atoms with E-state index in [9.17, 15) is 0 Å². The van der Waals surface area contributed by atoms with Crippen LogP contribution >= 0.6 is 0 Å². The number of benzene rings is 7. The van der Waals surface area contributed by atoms with Gasteiger partial charge >= 0.3 is 0 Å². The summed E-state index contributed by atoms with van der Waals surface area (Å²) in [5.74, 6) is 3.30. The summed E-state index contributed by atoms with van der Waals surface area (Å²) in [6.45, 7) is 0. The lowest BCUT2D eigenvalue weighted by molar-refractivity contribution is 0.667. The van der Waals surface area contributed by atoms with Crippen LogP contribution in [0.2, 0.25) is 0 Å². The van der Waals surface area contributed by atoms with Crippen molar-refractivity contribution >= 4 is 39.2 Å². The van der Waals surface area contributed by atoms with Crippen LogP contribution in [0.4, 0.5) is 0 Å². The molecule has 0 radical (unpaired) electrons. The molecule has 1 atom stereocenters. The number of rotatable bonds is 8. The highest BCUT2D eigenvalue weighted by molar-refractivity contribution is 6.15. The molecular weight excluding hydrogens is 749 g/mol. The van der Waals surface area contributed by atoms with Crippen LogP contribution in [0.3, 0.4) is 0 Å². The Labute approximate surface area is 353 Å². The van der Waals surface area contributed by atoms with Crippen molar-refractivity contribution < 1.29 is 4.42 Å². The second-order valence-corrected chi connectivity index (χ2v) is 15.2. The number of aliphatic imine (C=N–C) groups is 2. The number of allylic oxidation sites excluding steroid dienone is 4. The zero-order valence-electron chi connectivity index (χ0n) is 33.1. The molecule has 0 spiro atoms. The van der Waals surface area contributed by atoms with Crippen molar-refractivity contribution in [2.75, 3.05) is 0 Å². The predicted molar refractivity (Wildman–Crippen MR) is 247 cm³/mol. The molecule has 9 aromatic rings. The van der Waals surface area contributed by atoms with E-state index in [1.165, 1.54) is 5.56 Å². The SMILES string of the molecule is C1=CC(c2nc(-c3ccc(-c4ccccc4)cc3)nc(-c3cccc(-c4cccc(C5=NC(c6ccc7c(c6)oc6ccccc67)=NC(c6ccccc6)N5)c4)c3)n2)=CCC1. The fourth-order valence-corrected chi connectivity index (χ4v) is 8.06. The van der Waals surface area contributed by atoms with Gasteiger partial charge in [-0.25, -0.2) is 24.9 Å². The zero-order valence-corrected chi connectivity index (χ0v) is 33.1. The summed E-state index contributed by atoms with van der Waals surface area (Å²) in [4.78, 5) is 25.4. The quantitative estimate of drug-likeness (QED) is 0.166. The van der Waals surface area contributed by atoms with E-state index in [1.807, 2.05) is 48.5 Å². The second-order valence-electron chi connectivity index (χ2n) is 15.2. The number of nitrogens with one attached hydrogen (secondary N) is 1. The highest BCUT2D eigenvalue weighted by Gasteiger charge is 2.22. The van der Waals surface area contributed by atoms with Crippen molar-refractivity contribution in [3.05, 3.63) is 217 Å². The van der Waals surface area contributed by atoms with Crippen LogP contribution in [0.25, 0.3) is 72.5 Å². The lowest BCUT2D eigenvalue weighted by Crippen LogP contribution is -2.33. The van der Waals surface area contributed by atoms with Gasteiger partial charge in [0.1, 0.15) is 23.2 Å². The van der Waals surface area contributed by atoms with Gasteiger partial charge in [0.2, 0.25) is 0 Å². The van der Waals surface area contributed by atoms with E-state index < -0.39 is 0 Å². The molecule has 2 aliphatic rings. The average Bonchev–Trinajstić information content (AvgIpc) is 3.73. The molecule has 0 fully saturated rings. The van der Waals surface area contributed by atoms with Crippen LogP contribution < -0.4 is 5.32 Å². The van der Waals surface area contributed by atoms with Crippen molar-refractivity contribution in [1.29, 1.82) is 0 Å². The third-order valence-corrected chi connectivity index (χ3v) is 11.2. The second kappa shape index (κ2) is 15.6. The minimum atomic E-state index is -0.335. The summed E-state index contributed by atoms with van der Waals surface area (Å²) < 4.78 is 6.26. The van der Waals surface area contributed by atoms with Crippen molar-refractivity contribution in [3.8, 4) is 45.0 Å². The van der Waals surface area contributed by atoms with E-state index in [4.69, 9.17) is 29.4 Å². The molecule has 0 saturated heterocycles. The number of nitrogens with zero attached hydrogens (tertiary/aromatic N) is 5. The first-order valence-corrected chi connectivity index (χ1v) is 20.6. The monoisotopic (exact) mass is 786 g/mol. The molecule has 11 rings (SSSR count). The summed E-state index contributed by atoms with van der Waals surface area (Å²) in [6.07, 6.45) is 8.14. The Bertz CT molecular complexity index is 3220. The number of para-hydroxylation sites is 1. The molecule has 61 heavy (non-hydrogen) atoms. The molecule has 0 bridgehead atoms. The van der Waals surface area contributed by atoms with E-state index in [1.54, 1.807) is 0 Å². The molecule has 7 aromatic carbocycles. The van der Waals surface area contributed by atoms with Crippen LogP contribution in [-0.4, -0.2) is 26.6 Å². The molecule has 1 N–H and O–H groups in total. The van der Waals surface area contributed by atoms with E-state index >= 15 is 0 Å². The van der Waals surface area contributed by atoms with Crippen molar-refractivity contribution in [2.45, 2.75) is 19.0 Å². The van der Waals surface area contributed by atoms with E-state index in [2.05, 4.69) is 151 Å². The summed E-state index contributed by atoms with van der Waals surface area (Å²) in [5, 5.41) is 5.79. The summed E-state index contributed by atoms with van der Waals surface area (Å²) in [7, 11) is 0. The van der Waals surface area contributed by atoms with Crippen LogP contribution in [0.1, 0.15) is 41.5 Å². The first kappa shape index (κ1) is 36.1. The molecule has 2 aromatic heterocycles. The Morgan fingerprint density at radius 2 is 1.07 bits per heavy atom. The number of furan rings is 1. The Balaban J connectivity index is 0.952. The zero-order chi connectivity index (χ0) is 40.5. The fourth-order valence-electron chi connectivity index (χ4n) is 8.06. The van der Waals surface area contributed by atoms with Crippen LogP contribution in [0.5, 0.6) is 0 Å². The smallest absolute Gasteiger partial charge is 0.164 e. The molecule has 3 heterocycles. The molecule has 1 aliphatic heterocycles. The Kier molecular flexibility index (Phi) is 9.24. The third kappa shape index (κ3) is 7.23. The van der Waals surface area contributed by atoms with Gasteiger partial charge in [0, 0.05) is 38.6 Å². The lowest BCUT2D eigenvalue weighted by Gasteiger charge is -2.24. The van der Waals surface area contributed by atoms with Crippen LogP contribution in [0.15, 0.2) is 209 Å².